The molecule has 6 nitrogen and oxygen atoms in total. The van der Waals surface area contributed by atoms with E-state index in [1.165, 1.54) is 23.9 Å². The van der Waals surface area contributed by atoms with E-state index in [2.05, 4.69) is 0 Å². The number of aliphatic hydroxyl groups excluding tert-OH is 2. The van der Waals surface area contributed by atoms with E-state index >= 15 is 0 Å². The second-order valence-electron chi connectivity index (χ2n) is 6.25. The van der Waals surface area contributed by atoms with E-state index in [9.17, 15) is 19.1 Å². The van der Waals surface area contributed by atoms with E-state index in [0.717, 1.165) is 3.57 Å². The van der Waals surface area contributed by atoms with Crippen LogP contribution in [-0.2, 0) is 18.2 Å². The molecule has 0 aliphatic rings. The smallest absolute Gasteiger partial charge is 0.253 e. The maximum Gasteiger partial charge on any atom is 0.253 e. The second-order valence-corrected chi connectivity index (χ2v) is 7.50. The molecule has 146 valence electrons. The van der Waals surface area contributed by atoms with Crippen molar-refractivity contribution in [3.8, 4) is 0 Å². The molecule has 1 atom stereocenters. The van der Waals surface area contributed by atoms with Crippen LogP contribution < -0.4 is 5.56 Å². The Labute approximate surface area is 169 Å². The fraction of sp³-hybridized carbons (Fsp3) is 0.368. The number of ketones is 1. The Morgan fingerprint density at radius 1 is 1.41 bits per heavy atom. The van der Waals surface area contributed by atoms with Crippen LogP contribution in [0.5, 0.6) is 0 Å². The van der Waals surface area contributed by atoms with Gasteiger partial charge in [-0.15, -0.1) is 0 Å². The molecule has 2 rings (SSSR count). The van der Waals surface area contributed by atoms with Crippen LogP contribution in [0.3, 0.4) is 0 Å². The molecule has 1 heterocycles. The monoisotopic (exact) mass is 489 g/mol. The fourth-order valence-corrected chi connectivity index (χ4v) is 3.12. The number of hydrogen-bond acceptors (Lipinski definition) is 5. The van der Waals surface area contributed by atoms with Crippen LogP contribution in [0.15, 0.2) is 29.2 Å². The molecule has 0 saturated carbocycles. The van der Waals surface area contributed by atoms with Gasteiger partial charge in [-0.1, -0.05) is 6.07 Å². The minimum atomic E-state index is -1.07. The highest BCUT2D eigenvalue weighted by molar-refractivity contribution is 14.1. The van der Waals surface area contributed by atoms with Gasteiger partial charge in [-0.05, 0) is 52.8 Å². The predicted molar refractivity (Wildman–Crippen MR) is 107 cm³/mol. The van der Waals surface area contributed by atoms with Crippen molar-refractivity contribution in [2.45, 2.75) is 19.4 Å². The third-order valence-corrected chi connectivity index (χ3v) is 4.85. The lowest BCUT2D eigenvalue weighted by Crippen LogP contribution is -2.26. The van der Waals surface area contributed by atoms with Crippen molar-refractivity contribution in [1.82, 2.24) is 4.57 Å². The van der Waals surface area contributed by atoms with E-state index in [1.54, 1.807) is 19.1 Å². The van der Waals surface area contributed by atoms with Crippen molar-refractivity contribution < 1.29 is 24.1 Å². The van der Waals surface area contributed by atoms with Crippen LogP contribution in [0.25, 0.3) is 0 Å². The van der Waals surface area contributed by atoms with E-state index < -0.39 is 18.5 Å². The van der Waals surface area contributed by atoms with Gasteiger partial charge in [0.15, 0.2) is 5.78 Å². The van der Waals surface area contributed by atoms with Gasteiger partial charge in [0, 0.05) is 34.4 Å². The van der Waals surface area contributed by atoms with Gasteiger partial charge in [-0.3, -0.25) is 9.59 Å². The molecule has 27 heavy (non-hydrogen) atoms. The molecule has 0 unspecified atom stereocenters. The Morgan fingerprint density at radius 3 is 2.74 bits per heavy atom. The summed E-state index contributed by atoms with van der Waals surface area (Å²) in [6.45, 7) is 0.630. The molecule has 0 bridgehead atoms. The number of ether oxygens (including phenoxy) is 1. The van der Waals surface area contributed by atoms with Crippen molar-refractivity contribution in [2.75, 3.05) is 19.8 Å². The zero-order valence-electron chi connectivity index (χ0n) is 15.0. The average Bonchev–Trinajstić information content (AvgIpc) is 2.63. The highest BCUT2D eigenvalue weighted by Crippen LogP contribution is 2.20. The number of carbonyl (C=O) groups excluding carboxylic acids is 1. The van der Waals surface area contributed by atoms with Gasteiger partial charge < -0.3 is 19.5 Å². The number of Topliss-reactive ketones (excluding diaryl/α,β-unsaturated/α-hetero) is 1. The third kappa shape index (κ3) is 5.44. The van der Waals surface area contributed by atoms with Crippen LogP contribution in [0.1, 0.15) is 27.0 Å². The number of nitrogens with zero attached hydrogens (tertiary/aromatic N) is 1. The van der Waals surface area contributed by atoms with E-state index in [-0.39, 0.29) is 36.5 Å². The molecule has 0 saturated heterocycles. The number of rotatable bonds is 8. The SMILES string of the molecule is Cc1c(Cc2ccc(I)cc2F)c(C(=O)COC[C@H](O)CO)cn(C)c1=O. The number of pyridine rings is 1. The lowest BCUT2D eigenvalue weighted by Gasteiger charge is -2.15. The van der Waals surface area contributed by atoms with Crippen LogP contribution in [-0.4, -0.2) is 46.5 Å². The first-order valence-electron chi connectivity index (χ1n) is 8.27. The molecule has 0 fully saturated rings. The molecule has 8 heteroatoms. The number of hydrogen-bond donors (Lipinski definition) is 2. The maximum absolute atomic E-state index is 14.3. The average molecular weight is 489 g/mol. The number of benzene rings is 1. The molecule has 1 aromatic heterocycles. The minimum absolute atomic E-state index is 0.102. The molecule has 0 amide bonds. The van der Waals surface area contributed by atoms with Crippen molar-refractivity contribution in [3.05, 3.63) is 66.4 Å². The molecule has 0 aliphatic carbocycles. The van der Waals surface area contributed by atoms with E-state index in [4.69, 9.17) is 9.84 Å². The largest absolute Gasteiger partial charge is 0.394 e. The Morgan fingerprint density at radius 2 is 2.11 bits per heavy atom. The van der Waals surface area contributed by atoms with Crippen molar-refractivity contribution in [3.63, 3.8) is 0 Å². The maximum atomic E-state index is 14.3. The second kappa shape index (κ2) is 9.54. The fourth-order valence-electron chi connectivity index (χ4n) is 2.67. The first-order valence-corrected chi connectivity index (χ1v) is 9.35. The molecule has 0 aliphatic heterocycles. The zero-order valence-corrected chi connectivity index (χ0v) is 17.2. The predicted octanol–water partition coefficient (Wildman–Crippen LogP) is 1.58. The van der Waals surface area contributed by atoms with Crippen LogP contribution in [0.4, 0.5) is 4.39 Å². The highest BCUT2D eigenvalue weighted by Gasteiger charge is 2.19. The molecule has 2 N–H and O–H groups in total. The molecule has 0 spiro atoms. The van der Waals surface area contributed by atoms with Crippen molar-refractivity contribution in [2.24, 2.45) is 7.05 Å². The highest BCUT2D eigenvalue weighted by atomic mass is 127. The summed E-state index contributed by atoms with van der Waals surface area (Å²) in [6, 6.07) is 4.79. The minimum Gasteiger partial charge on any atom is -0.394 e. The van der Waals surface area contributed by atoms with E-state index in [0.29, 0.717) is 16.7 Å². The van der Waals surface area contributed by atoms with Gasteiger partial charge in [0.25, 0.3) is 5.56 Å². The zero-order chi connectivity index (χ0) is 20.1. The Balaban J connectivity index is 2.36. The number of aromatic nitrogens is 1. The van der Waals surface area contributed by atoms with Crippen LogP contribution >= 0.6 is 22.6 Å². The summed E-state index contributed by atoms with van der Waals surface area (Å²) in [5, 5.41) is 18.1. The molecule has 2 aromatic rings. The first kappa shape index (κ1) is 21.7. The molecule has 1 aromatic carbocycles. The standard InChI is InChI=1S/C19H21FINO5/c1-11-15(5-12-3-4-13(21)6-17(12)20)16(7-22(2)19(11)26)18(25)10-27-9-14(24)8-23/h3-4,6-7,14,23-24H,5,8-10H2,1-2H3/t14-/m1/s1. The summed E-state index contributed by atoms with van der Waals surface area (Å²) in [4.78, 5) is 24.9. The summed E-state index contributed by atoms with van der Waals surface area (Å²) in [5.41, 5.74) is 1.22. The van der Waals surface area contributed by atoms with Gasteiger partial charge in [-0.25, -0.2) is 4.39 Å². The Hall–Kier alpha value is -1.62. The topological polar surface area (TPSA) is 88.8 Å². The lowest BCUT2D eigenvalue weighted by atomic mass is 9.95. The summed E-state index contributed by atoms with van der Waals surface area (Å²) < 4.78 is 21.5. The van der Waals surface area contributed by atoms with Crippen LogP contribution in [0, 0.1) is 16.3 Å². The lowest BCUT2D eigenvalue weighted by molar-refractivity contribution is 0.00892. The summed E-state index contributed by atoms with van der Waals surface area (Å²) in [7, 11) is 1.54. The quantitative estimate of drug-likeness (QED) is 0.435. The van der Waals surface area contributed by atoms with Gasteiger partial charge in [0.2, 0.25) is 0 Å². The van der Waals surface area contributed by atoms with E-state index in [1.807, 2.05) is 22.6 Å². The number of halogens is 2. The molecule has 0 radical (unpaired) electrons. The van der Waals surface area contributed by atoms with Gasteiger partial charge in [-0.2, -0.15) is 0 Å². The first-order chi connectivity index (χ1) is 12.7. The van der Waals surface area contributed by atoms with Gasteiger partial charge >= 0.3 is 0 Å². The third-order valence-electron chi connectivity index (χ3n) is 4.18. The Bertz CT molecular complexity index is 896. The van der Waals surface area contributed by atoms with Crippen molar-refractivity contribution in [1.29, 1.82) is 0 Å². The van der Waals surface area contributed by atoms with Gasteiger partial charge in [0.1, 0.15) is 18.5 Å². The van der Waals surface area contributed by atoms with Crippen molar-refractivity contribution >= 4 is 28.4 Å². The number of carbonyl (C=O) groups is 1. The number of aryl methyl sites for hydroxylation is 1. The molecular weight excluding hydrogens is 468 g/mol. The summed E-state index contributed by atoms with van der Waals surface area (Å²) in [5.74, 6) is -0.789. The Kier molecular flexibility index (Phi) is 7.66. The van der Waals surface area contributed by atoms with Gasteiger partial charge in [0.05, 0.1) is 13.2 Å². The number of aliphatic hydroxyl groups is 2. The summed E-state index contributed by atoms with van der Waals surface area (Å²) in [6.07, 6.45) is 0.453. The molecular formula is C19H21FINO5. The normalized spacial score (nSPS) is 12.2. The van der Waals surface area contributed by atoms with Crippen LogP contribution in [0.2, 0.25) is 0 Å². The summed E-state index contributed by atoms with van der Waals surface area (Å²) >= 11 is 2.01.